The van der Waals surface area contributed by atoms with Crippen molar-refractivity contribution in [2.24, 2.45) is 0 Å². The van der Waals surface area contributed by atoms with Crippen molar-refractivity contribution < 1.29 is 17.9 Å². The van der Waals surface area contributed by atoms with Crippen LogP contribution in [0.3, 0.4) is 0 Å². The van der Waals surface area contributed by atoms with E-state index in [0.717, 1.165) is 21.3 Å². The van der Waals surface area contributed by atoms with Crippen molar-refractivity contribution >= 4 is 27.3 Å². The van der Waals surface area contributed by atoms with Crippen LogP contribution in [0.1, 0.15) is 12.5 Å². The number of carbonyl (C=O) groups excluding carboxylic acids is 1. The van der Waals surface area contributed by atoms with Gasteiger partial charge in [-0.25, -0.2) is 12.7 Å². The van der Waals surface area contributed by atoms with Gasteiger partial charge in [-0.1, -0.05) is 12.1 Å². The molecule has 0 unspecified atom stereocenters. The molecule has 3 N–H and O–H groups in total. The second-order valence-electron chi connectivity index (χ2n) is 6.83. The number of rotatable bonds is 11. The summed E-state index contributed by atoms with van der Waals surface area (Å²) in [6.45, 7) is 3.15. The van der Waals surface area contributed by atoms with Crippen molar-refractivity contribution in [2.75, 3.05) is 51.5 Å². The fourth-order valence-corrected chi connectivity index (χ4v) is 3.69. The molecule has 2 rings (SSSR count). The molecule has 0 atom stereocenters. The molecule has 1 amide bonds. The van der Waals surface area contributed by atoms with Gasteiger partial charge >= 0.3 is 0 Å². The lowest BCUT2D eigenvalue weighted by Gasteiger charge is -2.17. The Hall–Kier alpha value is -2.78. The smallest absolute Gasteiger partial charge is 0.242 e. The first-order chi connectivity index (χ1) is 14.3. The molecule has 0 saturated carbocycles. The SMILES string of the molecule is CCNc1ccc(S(=O)(=O)N(C)C)cc1NCC(=O)NCCc1ccc(OC)cc1. The summed E-state index contributed by atoms with van der Waals surface area (Å²) in [6.07, 6.45) is 0.703. The van der Waals surface area contributed by atoms with Gasteiger partial charge in [-0.2, -0.15) is 0 Å². The average Bonchev–Trinajstić information content (AvgIpc) is 2.73. The monoisotopic (exact) mass is 434 g/mol. The third-order valence-electron chi connectivity index (χ3n) is 4.47. The Bertz CT molecular complexity index is 944. The summed E-state index contributed by atoms with van der Waals surface area (Å²) >= 11 is 0. The minimum atomic E-state index is -3.56. The molecule has 9 heteroatoms. The van der Waals surface area contributed by atoms with Gasteiger partial charge < -0.3 is 20.7 Å². The highest BCUT2D eigenvalue weighted by molar-refractivity contribution is 7.89. The number of amides is 1. The molecule has 2 aromatic rings. The van der Waals surface area contributed by atoms with Crippen LogP contribution < -0.4 is 20.7 Å². The van der Waals surface area contributed by atoms with Crippen molar-refractivity contribution in [3.63, 3.8) is 0 Å². The van der Waals surface area contributed by atoms with Gasteiger partial charge in [0, 0.05) is 27.2 Å². The first-order valence-electron chi connectivity index (χ1n) is 9.72. The van der Waals surface area contributed by atoms with Crippen LogP contribution >= 0.6 is 0 Å². The summed E-state index contributed by atoms with van der Waals surface area (Å²) in [7, 11) is 1.02. The van der Waals surface area contributed by atoms with Crippen LogP contribution in [0.4, 0.5) is 11.4 Å². The lowest BCUT2D eigenvalue weighted by atomic mass is 10.1. The summed E-state index contributed by atoms with van der Waals surface area (Å²) in [5.74, 6) is 0.619. The highest BCUT2D eigenvalue weighted by atomic mass is 32.2. The predicted molar refractivity (Wildman–Crippen MR) is 120 cm³/mol. The molecule has 0 radical (unpaired) electrons. The second kappa shape index (κ2) is 10.8. The summed E-state index contributed by atoms with van der Waals surface area (Å²) in [5, 5.41) is 9.07. The normalized spacial score (nSPS) is 11.2. The van der Waals surface area contributed by atoms with Crippen molar-refractivity contribution in [1.82, 2.24) is 9.62 Å². The van der Waals surface area contributed by atoms with Gasteiger partial charge in [0.25, 0.3) is 0 Å². The number of benzene rings is 2. The zero-order valence-corrected chi connectivity index (χ0v) is 18.7. The van der Waals surface area contributed by atoms with E-state index in [9.17, 15) is 13.2 Å². The average molecular weight is 435 g/mol. The predicted octanol–water partition coefficient (Wildman–Crippen LogP) is 2.15. The Morgan fingerprint density at radius 1 is 1.03 bits per heavy atom. The first-order valence-corrected chi connectivity index (χ1v) is 11.2. The molecule has 30 heavy (non-hydrogen) atoms. The molecule has 0 saturated heterocycles. The quantitative estimate of drug-likeness (QED) is 0.501. The third kappa shape index (κ3) is 6.36. The van der Waals surface area contributed by atoms with Crippen LogP contribution in [0.25, 0.3) is 0 Å². The summed E-state index contributed by atoms with van der Waals surface area (Å²) < 4.78 is 31.1. The Morgan fingerprint density at radius 2 is 1.73 bits per heavy atom. The summed E-state index contributed by atoms with van der Waals surface area (Å²) in [6, 6.07) is 12.5. The molecule has 0 heterocycles. The van der Waals surface area contributed by atoms with Gasteiger partial charge in [0.05, 0.1) is 29.9 Å². The van der Waals surface area contributed by atoms with E-state index in [2.05, 4.69) is 16.0 Å². The van der Waals surface area contributed by atoms with E-state index in [-0.39, 0.29) is 17.3 Å². The van der Waals surface area contributed by atoms with Gasteiger partial charge in [-0.05, 0) is 49.2 Å². The molecule has 0 aliphatic carbocycles. The van der Waals surface area contributed by atoms with Crippen LogP contribution in [0.5, 0.6) is 5.75 Å². The highest BCUT2D eigenvalue weighted by Crippen LogP contribution is 2.26. The fourth-order valence-electron chi connectivity index (χ4n) is 2.76. The zero-order chi connectivity index (χ0) is 22.1. The zero-order valence-electron chi connectivity index (χ0n) is 17.9. The maximum absolute atomic E-state index is 12.4. The molecular weight excluding hydrogens is 404 g/mol. The fraction of sp³-hybridized carbons (Fsp3) is 0.381. The Labute approximate surface area is 178 Å². The van der Waals surface area contributed by atoms with Crippen LogP contribution in [0.15, 0.2) is 47.4 Å². The van der Waals surface area contributed by atoms with E-state index < -0.39 is 10.0 Å². The topological polar surface area (TPSA) is 99.8 Å². The third-order valence-corrected chi connectivity index (χ3v) is 6.28. The summed E-state index contributed by atoms with van der Waals surface area (Å²) in [5.41, 5.74) is 2.39. The minimum Gasteiger partial charge on any atom is -0.497 e. The van der Waals surface area contributed by atoms with E-state index in [1.165, 1.54) is 20.2 Å². The number of nitrogens with zero attached hydrogens (tertiary/aromatic N) is 1. The largest absolute Gasteiger partial charge is 0.497 e. The standard InChI is InChI=1S/C21H30N4O4S/c1-5-22-19-11-10-18(30(27,28)25(2)3)14-20(19)24-15-21(26)23-13-12-16-6-8-17(29-4)9-7-16/h6-11,14,22,24H,5,12-13,15H2,1-4H3,(H,23,26). The maximum atomic E-state index is 12.4. The maximum Gasteiger partial charge on any atom is 0.242 e. The number of nitrogens with one attached hydrogen (secondary N) is 3. The Kier molecular flexibility index (Phi) is 8.49. The summed E-state index contributed by atoms with van der Waals surface area (Å²) in [4.78, 5) is 12.4. The second-order valence-corrected chi connectivity index (χ2v) is 8.98. The van der Waals surface area contributed by atoms with Crippen molar-refractivity contribution in [3.05, 3.63) is 48.0 Å². The number of sulfonamides is 1. The molecule has 8 nitrogen and oxygen atoms in total. The van der Waals surface area contributed by atoms with Gasteiger partial charge in [0.1, 0.15) is 5.75 Å². The minimum absolute atomic E-state index is 0.0342. The molecule has 0 bridgehead atoms. The van der Waals surface area contributed by atoms with Gasteiger partial charge in [0.2, 0.25) is 15.9 Å². The highest BCUT2D eigenvalue weighted by Gasteiger charge is 2.19. The van der Waals surface area contributed by atoms with Crippen molar-refractivity contribution in [2.45, 2.75) is 18.2 Å². The van der Waals surface area contributed by atoms with Crippen LogP contribution in [0, 0.1) is 0 Å². The van der Waals surface area contributed by atoms with E-state index in [1.54, 1.807) is 19.2 Å². The Morgan fingerprint density at radius 3 is 2.33 bits per heavy atom. The van der Waals surface area contributed by atoms with Gasteiger partial charge in [0.15, 0.2) is 0 Å². The molecule has 0 aliphatic heterocycles. The van der Waals surface area contributed by atoms with Gasteiger partial charge in [-0.15, -0.1) is 0 Å². The molecular formula is C21H30N4O4S. The van der Waals surface area contributed by atoms with Crippen LogP contribution in [-0.2, 0) is 21.2 Å². The lowest BCUT2D eigenvalue weighted by molar-refractivity contribution is -0.119. The van der Waals surface area contributed by atoms with E-state index in [0.29, 0.717) is 25.2 Å². The van der Waals surface area contributed by atoms with Gasteiger partial charge in [-0.3, -0.25) is 4.79 Å². The van der Waals surface area contributed by atoms with Crippen LogP contribution in [0.2, 0.25) is 0 Å². The lowest BCUT2D eigenvalue weighted by Crippen LogP contribution is -2.31. The van der Waals surface area contributed by atoms with Crippen molar-refractivity contribution in [3.8, 4) is 5.75 Å². The number of carbonyl (C=O) groups is 1. The molecule has 0 aromatic heterocycles. The van der Waals surface area contributed by atoms with E-state index in [1.807, 2.05) is 31.2 Å². The van der Waals surface area contributed by atoms with Crippen molar-refractivity contribution in [1.29, 1.82) is 0 Å². The number of hydrogen-bond acceptors (Lipinski definition) is 6. The van der Waals surface area contributed by atoms with E-state index >= 15 is 0 Å². The molecule has 0 fully saturated rings. The number of anilines is 2. The molecule has 0 spiro atoms. The Balaban J connectivity index is 1.96. The first kappa shape index (κ1) is 23.5. The number of methoxy groups -OCH3 is 1. The number of ether oxygens (including phenoxy) is 1. The molecule has 2 aromatic carbocycles. The van der Waals surface area contributed by atoms with E-state index in [4.69, 9.17) is 4.74 Å². The van der Waals surface area contributed by atoms with Crippen LogP contribution in [-0.4, -0.2) is 59.5 Å². The molecule has 164 valence electrons. The number of hydrogen-bond donors (Lipinski definition) is 3. The molecule has 0 aliphatic rings.